The molecule has 0 saturated carbocycles. The molecule has 1 N–H and O–H groups in total. The first-order chi connectivity index (χ1) is 12.6. The second-order valence-corrected chi connectivity index (χ2v) is 5.38. The minimum atomic E-state index is -0.407. The number of ether oxygens (including phenoxy) is 2. The van der Waals surface area contributed by atoms with Gasteiger partial charge in [0.2, 0.25) is 0 Å². The summed E-state index contributed by atoms with van der Waals surface area (Å²) in [5, 5.41) is 15.4. The van der Waals surface area contributed by atoms with Gasteiger partial charge < -0.3 is 19.6 Å². The number of amides is 1. The highest BCUT2D eigenvalue weighted by atomic mass is 35.5. The van der Waals surface area contributed by atoms with Crippen LogP contribution in [0, 0.1) is 11.3 Å². The molecule has 0 aliphatic rings. The quantitative estimate of drug-likeness (QED) is 0.594. The van der Waals surface area contributed by atoms with Gasteiger partial charge in [0.15, 0.2) is 18.1 Å². The molecule has 0 spiro atoms. The van der Waals surface area contributed by atoms with E-state index in [2.05, 4.69) is 10.5 Å². The minimum Gasteiger partial charge on any atom is -0.493 e. The van der Waals surface area contributed by atoms with E-state index in [0.717, 1.165) is 5.56 Å². The van der Waals surface area contributed by atoms with Gasteiger partial charge in [-0.1, -0.05) is 16.8 Å². The van der Waals surface area contributed by atoms with Gasteiger partial charge >= 0.3 is 0 Å². The first-order valence-corrected chi connectivity index (χ1v) is 7.82. The molecular weight excluding hydrogens is 358 g/mol. The normalized spacial score (nSPS) is 10.2. The largest absolute Gasteiger partial charge is 0.493 e. The van der Waals surface area contributed by atoms with Crippen LogP contribution >= 0.6 is 11.6 Å². The van der Waals surface area contributed by atoms with Crippen molar-refractivity contribution >= 4 is 29.4 Å². The van der Waals surface area contributed by atoms with Crippen molar-refractivity contribution in [2.24, 2.45) is 5.16 Å². The predicted octanol–water partition coefficient (Wildman–Crippen LogP) is 3.22. The molecule has 0 atom stereocenters. The van der Waals surface area contributed by atoms with E-state index in [-0.39, 0.29) is 11.6 Å². The van der Waals surface area contributed by atoms with Crippen LogP contribution in [-0.4, -0.2) is 32.9 Å². The Morgan fingerprint density at radius 3 is 2.65 bits per heavy atom. The molecule has 0 aliphatic carbocycles. The van der Waals surface area contributed by atoms with Crippen LogP contribution in [0.3, 0.4) is 0 Å². The molecule has 2 aromatic carbocycles. The smallest absolute Gasteiger partial charge is 0.265 e. The Morgan fingerprint density at radius 2 is 2.00 bits per heavy atom. The van der Waals surface area contributed by atoms with Crippen molar-refractivity contribution in [3.63, 3.8) is 0 Å². The third kappa shape index (κ3) is 5.13. The zero-order valence-electron chi connectivity index (χ0n) is 14.2. The lowest BCUT2D eigenvalue weighted by Gasteiger charge is -2.07. The van der Waals surface area contributed by atoms with Crippen LogP contribution in [0.5, 0.6) is 11.5 Å². The van der Waals surface area contributed by atoms with E-state index in [9.17, 15) is 4.79 Å². The average Bonchev–Trinajstić information content (AvgIpc) is 2.65. The van der Waals surface area contributed by atoms with Crippen LogP contribution in [0.4, 0.5) is 5.69 Å². The molecule has 0 saturated heterocycles. The van der Waals surface area contributed by atoms with Gasteiger partial charge in [0.25, 0.3) is 5.91 Å². The van der Waals surface area contributed by atoms with Crippen molar-refractivity contribution < 1.29 is 19.1 Å². The Labute approximate surface area is 155 Å². The first kappa shape index (κ1) is 19.1. The van der Waals surface area contributed by atoms with Gasteiger partial charge in [-0.05, 0) is 36.4 Å². The van der Waals surface area contributed by atoms with Crippen molar-refractivity contribution in [3.8, 4) is 17.6 Å². The monoisotopic (exact) mass is 373 g/mol. The summed E-state index contributed by atoms with van der Waals surface area (Å²) in [5.41, 5.74) is 1.52. The van der Waals surface area contributed by atoms with E-state index >= 15 is 0 Å². The number of hydrogen-bond donors (Lipinski definition) is 1. The van der Waals surface area contributed by atoms with Crippen molar-refractivity contribution in [1.82, 2.24) is 0 Å². The van der Waals surface area contributed by atoms with Crippen LogP contribution in [0.15, 0.2) is 41.6 Å². The highest BCUT2D eigenvalue weighted by Gasteiger charge is 2.06. The molecular formula is C18H16ClN3O4. The fourth-order valence-corrected chi connectivity index (χ4v) is 2.23. The topological polar surface area (TPSA) is 92.9 Å². The van der Waals surface area contributed by atoms with E-state index in [1.165, 1.54) is 25.5 Å². The summed E-state index contributed by atoms with van der Waals surface area (Å²) in [6, 6.07) is 11.8. The number of nitriles is 1. The fraction of sp³-hybridized carbons (Fsp3) is 0.167. The van der Waals surface area contributed by atoms with Gasteiger partial charge in [0, 0.05) is 11.3 Å². The third-order valence-electron chi connectivity index (χ3n) is 3.25. The number of carbonyl (C=O) groups is 1. The molecule has 26 heavy (non-hydrogen) atoms. The number of benzene rings is 2. The molecule has 0 unspecified atom stereocenters. The van der Waals surface area contributed by atoms with Crippen LogP contribution < -0.4 is 14.8 Å². The number of rotatable bonds is 7. The molecule has 2 aromatic rings. The maximum atomic E-state index is 11.8. The zero-order valence-corrected chi connectivity index (χ0v) is 14.9. The van der Waals surface area contributed by atoms with Gasteiger partial charge in [-0.15, -0.1) is 0 Å². The van der Waals surface area contributed by atoms with E-state index in [0.29, 0.717) is 22.7 Å². The van der Waals surface area contributed by atoms with Crippen molar-refractivity contribution in [2.45, 2.75) is 0 Å². The van der Waals surface area contributed by atoms with Gasteiger partial charge in [0.1, 0.15) is 6.07 Å². The third-order valence-corrected chi connectivity index (χ3v) is 3.57. The zero-order chi connectivity index (χ0) is 18.9. The molecule has 0 fully saturated rings. The highest BCUT2D eigenvalue weighted by Crippen LogP contribution is 2.26. The lowest BCUT2D eigenvalue weighted by Crippen LogP contribution is -2.17. The molecule has 7 nitrogen and oxygen atoms in total. The average molecular weight is 374 g/mol. The number of carbonyl (C=O) groups excluding carboxylic acids is 1. The number of hydrogen-bond acceptors (Lipinski definition) is 6. The Hall–Kier alpha value is -3.24. The Balaban J connectivity index is 1.87. The molecule has 0 aromatic heterocycles. The van der Waals surface area contributed by atoms with E-state index in [4.69, 9.17) is 31.2 Å². The second kappa shape index (κ2) is 9.30. The molecule has 0 bridgehead atoms. The van der Waals surface area contributed by atoms with Crippen molar-refractivity contribution in [3.05, 3.63) is 52.5 Å². The van der Waals surface area contributed by atoms with Crippen LogP contribution in [0.2, 0.25) is 5.02 Å². The van der Waals surface area contributed by atoms with Crippen LogP contribution in [0.1, 0.15) is 11.1 Å². The summed E-state index contributed by atoms with van der Waals surface area (Å²) in [6.45, 7) is -0.276. The molecule has 8 heteroatoms. The molecule has 134 valence electrons. The summed E-state index contributed by atoms with van der Waals surface area (Å²) in [5.74, 6) is 0.758. The van der Waals surface area contributed by atoms with Crippen LogP contribution in [-0.2, 0) is 9.63 Å². The molecule has 1 amide bonds. The number of anilines is 1. The van der Waals surface area contributed by atoms with Gasteiger partial charge in [0.05, 0.1) is 31.0 Å². The maximum Gasteiger partial charge on any atom is 0.265 e. The highest BCUT2D eigenvalue weighted by molar-refractivity contribution is 6.32. The number of methoxy groups -OCH3 is 2. The number of nitrogens with one attached hydrogen (secondary N) is 1. The molecule has 0 radical (unpaired) electrons. The molecule has 2 rings (SSSR count). The lowest BCUT2D eigenvalue weighted by molar-refractivity contribution is -0.120. The number of oxime groups is 1. The summed E-state index contributed by atoms with van der Waals surface area (Å²) >= 11 is 5.91. The predicted molar refractivity (Wildman–Crippen MR) is 97.9 cm³/mol. The first-order valence-electron chi connectivity index (χ1n) is 7.44. The number of halogens is 1. The van der Waals surface area contributed by atoms with Gasteiger partial charge in [-0.25, -0.2) is 0 Å². The van der Waals surface area contributed by atoms with E-state index in [1.54, 1.807) is 31.4 Å². The Bertz CT molecular complexity index is 862. The maximum absolute atomic E-state index is 11.8. The molecule has 0 aliphatic heterocycles. The standard InChI is InChI=1S/C18H16ClN3O4/c1-24-16-6-3-12(7-17(16)25-2)10-21-26-11-18(23)22-14-5-4-13(9-20)15(19)8-14/h3-8,10H,11H2,1-2H3,(H,22,23)/b21-10-. The summed E-state index contributed by atoms with van der Waals surface area (Å²) in [7, 11) is 3.09. The fourth-order valence-electron chi connectivity index (χ4n) is 2.01. The van der Waals surface area contributed by atoms with Gasteiger partial charge in [-0.2, -0.15) is 5.26 Å². The lowest BCUT2D eigenvalue weighted by atomic mass is 10.2. The Kier molecular flexibility index (Phi) is 6.83. The van der Waals surface area contributed by atoms with Gasteiger partial charge in [-0.3, -0.25) is 4.79 Å². The summed E-state index contributed by atoms with van der Waals surface area (Å²) in [6.07, 6.45) is 1.45. The van der Waals surface area contributed by atoms with E-state index < -0.39 is 5.91 Å². The number of nitrogens with zero attached hydrogens (tertiary/aromatic N) is 2. The second-order valence-electron chi connectivity index (χ2n) is 4.98. The molecule has 0 heterocycles. The summed E-state index contributed by atoms with van der Waals surface area (Å²) < 4.78 is 10.3. The van der Waals surface area contributed by atoms with Crippen molar-refractivity contribution in [2.75, 3.05) is 26.1 Å². The SMILES string of the molecule is COc1ccc(/C=N\OCC(=O)Nc2ccc(C#N)c(Cl)c2)cc1OC. The minimum absolute atomic E-state index is 0.262. The van der Waals surface area contributed by atoms with Crippen molar-refractivity contribution in [1.29, 1.82) is 5.26 Å². The Morgan fingerprint density at radius 1 is 1.23 bits per heavy atom. The summed E-state index contributed by atoms with van der Waals surface area (Å²) in [4.78, 5) is 16.8. The van der Waals surface area contributed by atoms with Crippen LogP contribution in [0.25, 0.3) is 0 Å². The van der Waals surface area contributed by atoms with E-state index in [1.807, 2.05) is 6.07 Å².